The summed E-state index contributed by atoms with van der Waals surface area (Å²) >= 11 is 0. The second-order valence-corrected chi connectivity index (χ2v) is 2.55. The quantitative estimate of drug-likeness (QED) is 0.553. The average Bonchev–Trinajstić information content (AvgIpc) is 2.13. The predicted molar refractivity (Wildman–Crippen MR) is 47.0 cm³/mol. The maximum atomic E-state index is 11.1. The molecule has 0 aromatic carbocycles. The Morgan fingerprint density at radius 3 is 2.54 bits per heavy atom. The van der Waals surface area contributed by atoms with Crippen LogP contribution in [0.25, 0.3) is 0 Å². The molecule has 5 nitrogen and oxygen atoms in total. The molecule has 0 aromatic rings. The van der Waals surface area contributed by atoms with E-state index in [4.69, 9.17) is 0 Å². The second-order valence-electron chi connectivity index (χ2n) is 2.55. The van der Waals surface area contributed by atoms with Crippen LogP contribution in [0.4, 0.5) is 0 Å². The summed E-state index contributed by atoms with van der Waals surface area (Å²) in [6, 6.07) is -0.590. The highest BCUT2D eigenvalue weighted by atomic mass is 16.2. The fraction of sp³-hybridized carbons (Fsp3) is 0.625. The number of aldehydes is 1. The van der Waals surface area contributed by atoms with E-state index >= 15 is 0 Å². The maximum Gasteiger partial charge on any atom is 0.242 e. The van der Waals surface area contributed by atoms with Crippen molar-refractivity contribution in [1.29, 1.82) is 0 Å². The van der Waals surface area contributed by atoms with E-state index in [-0.39, 0.29) is 18.4 Å². The van der Waals surface area contributed by atoms with Crippen molar-refractivity contribution in [2.45, 2.75) is 26.3 Å². The Morgan fingerprint density at radius 2 is 2.08 bits per heavy atom. The average molecular weight is 186 g/mol. The van der Waals surface area contributed by atoms with Gasteiger partial charge < -0.3 is 15.4 Å². The first-order valence-corrected chi connectivity index (χ1v) is 4.12. The summed E-state index contributed by atoms with van der Waals surface area (Å²) in [5, 5.41) is 4.81. The lowest BCUT2D eigenvalue weighted by atomic mass is 10.3. The topological polar surface area (TPSA) is 75.3 Å². The molecule has 2 N–H and O–H groups in total. The van der Waals surface area contributed by atoms with E-state index in [0.717, 1.165) is 0 Å². The summed E-state index contributed by atoms with van der Waals surface area (Å²) in [7, 11) is 0. The van der Waals surface area contributed by atoms with Crippen molar-refractivity contribution in [3.63, 3.8) is 0 Å². The summed E-state index contributed by atoms with van der Waals surface area (Å²) in [5.74, 6) is -0.539. The Hall–Kier alpha value is -1.39. The van der Waals surface area contributed by atoms with Crippen LogP contribution >= 0.6 is 0 Å². The van der Waals surface area contributed by atoms with E-state index < -0.39 is 6.04 Å². The van der Waals surface area contributed by atoms with Crippen LogP contribution in [-0.4, -0.2) is 30.7 Å². The minimum absolute atomic E-state index is 0.0226. The van der Waals surface area contributed by atoms with Crippen LogP contribution in [0.5, 0.6) is 0 Å². The Bertz CT molecular complexity index is 204. The second kappa shape index (κ2) is 6.16. The first kappa shape index (κ1) is 11.6. The highest BCUT2D eigenvalue weighted by molar-refractivity contribution is 5.87. The van der Waals surface area contributed by atoms with E-state index in [1.165, 1.54) is 0 Å². The minimum atomic E-state index is -0.590. The molecule has 0 aliphatic heterocycles. The molecule has 0 rings (SSSR count). The van der Waals surface area contributed by atoms with Gasteiger partial charge in [0, 0.05) is 6.42 Å². The van der Waals surface area contributed by atoms with E-state index in [2.05, 4.69) is 10.6 Å². The summed E-state index contributed by atoms with van der Waals surface area (Å²) < 4.78 is 0. The Balaban J connectivity index is 3.81. The predicted octanol–water partition coefficient (Wildman–Crippen LogP) is -0.784. The molecule has 2 amide bonds. The molecule has 13 heavy (non-hydrogen) atoms. The fourth-order valence-corrected chi connectivity index (χ4v) is 0.704. The molecular formula is C8H14N2O3. The molecule has 0 heterocycles. The third kappa shape index (κ3) is 4.95. The number of hydrogen-bond acceptors (Lipinski definition) is 3. The molecule has 1 atom stereocenters. The number of carbonyl (C=O) groups excluding carboxylic acids is 3. The zero-order valence-corrected chi connectivity index (χ0v) is 7.79. The van der Waals surface area contributed by atoms with Gasteiger partial charge in [-0.1, -0.05) is 6.92 Å². The van der Waals surface area contributed by atoms with E-state index in [1.54, 1.807) is 13.8 Å². The third-order valence-corrected chi connectivity index (χ3v) is 1.45. The number of carbonyl (C=O) groups is 3. The van der Waals surface area contributed by atoms with Gasteiger partial charge in [-0.05, 0) is 6.92 Å². The smallest absolute Gasteiger partial charge is 0.242 e. The zero-order chi connectivity index (χ0) is 10.3. The SMILES string of the molecule is CCC(=O)NC(C)C(=O)NCC=O. The molecule has 0 saturated heterocycles. The molecule has 0 radical (unpaired) electrons. The monoisotopic (exact) mass is 186 g/mol. The molecule has 0 spiro atoms. The van der Waals surface area contributed by atoms with Gasteiger partial charge in [-0.3, -0.25) is 9.59 Å². The number of rotatable bonds is 5. The Morgan fingerprint density at radius 1 is 1.46 bits per heavy atom. The van der Waals surface area contributed by atoms with Crippen LogP contribution in [0.3, 0.4) is 0 Å². The molecule has 0 saturated carbocycles. The van der Waals surface area contributed by atoms with Crippen LogP contribution in [0.2, 0.25) is 0 Å². The van der Waals surface area contributed by atoms with Gasteiger partial charge in [0.05, 0.1) is 6.54 Å². The molecule has 5 heteroatoms. The van der Waals surface area contributed by atoms with Crippen molar-refractivity contribution < 1.29 is 14.4 Å². The van der Waals surface area contributed by atoms with Gasteiger partial charge in [-0.25, -0.2) is 0 Å². The third-order valence-electron chi connectivity index (χ3n) is 1.45. The fourth-order valence-electron chi connectivity index (χ4n) is 0.704. The van der Waals surface area contributed by atoms with Crippen molar-refractivity contribution in [3.05, 3.63) is 0 Å². The lowest BCUT2D eigenvalue weighted by Gasteiger charge is -2.11. The van der Waals surface area contributed by atoms with Crippen molar-refractivity contribution in [3.8, 4) is 0 Å². The van der Waals surface area contributed by atoms with E-state index in [1.807, 2.05) is 0 Å². The Kier molecular flexibility index (Phi) is 5.50. The van der Waals surface area contributed by atoms with E-state index in [0.29, 0.717) is 12.7 Å². The first-order valence-electron chi connectivity index (χ1n) is 4.12. The normalized spacial score (nSPS) is 11.5. The van der Waals surface area contributed by atoms with Gasteiger partial charge in [-0.15, -0.1) is 0 Å². The zero-order valence-electron chi connectivity index (χ0n) is 7.79. The number of amides is 2. The molecule has 0 aliphatic rings. The van der Waals surface area contributed by atoms with Gasteiger partial charge in [-0.2, -0.15) is 0 Å². The van der Waals surface area contributed by atoms with Gasteiger partial charge in [0.1, 0.15) is 12.3 Å². The van der Waals surface area contributed by atoms with Crippen molar-refractivity contribution in [1.82, 2.24) is 10.6 Å². The lowest BCUT2D eigenvalue weighted by Crippen LogP contribution is -2.45. The summed E-state index contributed by atoms with van der Waals surface area (Å²) in [5.41, 5.74) is 0. The summed E-state index contributed by atoms with van der Waals surface area (Å²) in [4.78, 5) is 31.8. The van der Waals surface area contributed by atoms with Crippen LogP contribution < -0.4 is 10.6 Å². The maximum absolute atomic E-state index is 11.1. The largest absolute Gasteiger partial charge is 0.348 e. The lowest BCUT2D eigenvalue weighted by molar-refractivity contribution is -0.128. The Labute approximate surface area is 76.9 Å². The first-order chi connectivity index (χ1) is 6.11. The van der Waals surface area contributed by atoms with Crippen molar-refractivity contribution >= 4 is 18.1 Å². The van der Waals surface area contributed by atoms with Gasteiger partial charge in [0.15, 0.2) is 0 Å². The van der Waals surface area contributed by atoms with Crippen LogP contribution in [0, 0.1) is 0 Å². The van der Waals surface area contributed by atoms with Crippen LogP contribution in [0.15, 0.2) is 0 Å². The number of hydrogen-bond donors (Lipinski definition) is 2. The molecule has 0 aromatic heterocycles. The van der Waals surface area contributed by atoms with E-state index in [9.17, 15) is 14.4 Å². The minimum Gasteiger partial charge on any atom is -0.348 e. The van der Waals surface area contributed by atoms with Crippen molar-refractivity contribution in [2.75, 3.05) is 6.54 Å². The van der Waals surface area contributed by atoms with Gasteiger partial charge in [0.25, 0.3) is 0 Å². The molecule has 0 aliphatic carbocycles. The summed E-state index contributed by atoms with van der Waals surface area (Å²) in [6.07, 6.45) is 0.928. The van der Waals surface area contributed by atoms with Crippen LogP contribution in [0.1, 0.15) is 20.3 Å². The standard InChI is InChI=1S/C8H14N2O3/c1-3-7(12)10-6(2)8(13)9-4-5-11/h5-6H,3-4H2,1-2H3,(H,9,13)(H,10,12). The number of nitrogens with one attached hydrogen (secondary N) is 2. The highest BCUT2D eigenvalue weighted by Gasteiger charge is 2.13. The molecule has 0 fully saturated rings. The highest BCUT2D eigenvalue weighted by Crippen LogP contribution is 1.83. The molecule has 74 valence electrons. The van der Waals surface area contributed by atoms with Gasteiger partial charge >= 0.3 is 0 Å². The van der Waals surface area contributed by atoms with Crippen LogP contribution in [-0.2, 0) is 14.4 Å². The summed E-state index contributed by atoms with van der Waals surface area (Å²) in [6.45, 7) is 3.24. The van der Waals surface area contributed by atoms with Gasteiger partial charge in [0.2, 0.25) is 11.8 Å². The van der Waals surface area contributed by atoms with Crippen molar-refractivity contribution in [2.24, 2.45) is 0 Å². The molecule has 0 bridgehead atoms. The molecular weight excluding hydrogens is 172 g/mol. The molecule has 1 unspecified atom stereocenters.